The fourth-order valence-corrected chi connectivity index (χ4v) is 3.24. The van der Waals surface area contributed by atoms with Gasteiger partial charge in [0, 0.05) is 25.4 Å². The summed E-state index contributed by atoms with van der Waals surface area (Å²) < 4.78 is 2.36. The van der Waals surface area contributed by atoms with E-state index in [-0.39, 0.29) is 5.41 Å². The molecule has 1 aromatic carbocycles. The molecule has 0 N–H and O–H groups in total. The van der Waals surface area contributed by atoms with Crippen molar-refractivity contribution in [3.63, 3.8) is 0 Å². The predicted molar refractivity (Wildman–Crippen MR) is 91.2 cm³/mol. The van der Waals surface area contributed by atoms with Gasteiger partial charge in [0.25, 0.3) is 0 Å². The standard InChI is InChI=1S/C17H26ClN3/c1-13-6-7-14-15(10-13)21(16(19-14)8-9-18)12-17(2,3)11-20(4)5/h6-7,10H,8-9,11-12H2,1-5H3. The van der Waals surface area contributed by atoms with Gasteiger partial charge in [0.1, 0.15) is 5.82 Å². The highest BCUT2D eigenvalue weighted by atomic mass is 35.5. The number of halogens is 1. The van der Waals surface area contributed by atoms with Crippen molar-refractivity contribution in [1.29, 1.82) is 0 Å². The Bertz CT molecular complexity index is 614. The zero-order valence-electron chi connectivity index (χ0n) is 13.8. The minimum atomic E-state index is 0.182. The maximum absolute atomic E-state index is 5.96. The second-order valence-corrected chi connectivity index (χ2v) is 7.33. The summed E-state index contributed by atoms with van der Waals surface area (Å²) in [5.74, 6) is 1.70. The summed E-state index contributed by atoms with van der Waals surface area (Å²) in [7, 11) is 4.25. The van der Waals surface area contributed by atoms with Crippen LogP contribution in [0.2, 0.25) is 0 Å². The van der Waals surface area contributed by atoms with Crippen LogP contribution in [0.3, 0.4) is 0 Å². The predicted octanol–water partition coefficient (Wildman–Crippen LogP) is 3.71. The van der Waals surface area contributed by atoms with Crippen molar-refractivity contribution in [2.45, 2.75) is 33.7 Å². The van der Waals surface area contributed by atoms with Crippen LogP contribution >= 0.6 is 11.6 Å². The molecule has 0 spiro atoms. The Morgan fingerprint density at radius 1 is 1.29 bits per heavy atom. The molecule has 0 unspecified atom stereocenters. The molecular weight excluding hydrogens is 282 g/mol. The topological polar surface area (TPSA) is 21.1 Å². The van der Waals surface area contributed by atoms with Crippen LogP contribution in [-0.4, -0.2) is 41.0 Å². The van der Waals surface area contributed by atoms with Gasteiger partial charge >= 0.3 is 0 Å². The number of aryl methyl sites for hydroxylation is 2. The normalized spacial score (nSPS) is 12.5. The van der Waals surface area contributed by atoms with Crippen LogP contribution in [0.25, 0.3) is 11.0 Å². The molecule has 1 heterocycles. The van der Waals surface area contributed by atoms with E-state index < -0.39 is 0 Å². The summed E-state index contributed by atoms with van der Waals surface area (Å²) in [6.07, 6.45) is 0.813. The molecule has 0 amide bonds. The average molecular weight is 308 g/mol. The van der Waals surface area contributed by atoms with Crippen LogP contribution in [0.4, 0.5) is 0 Å². The molecule has 0 aliphatic heterocycles. The first kappa shape index (κ1) is 16.3. The van der Waals surface area contributed by atoms with E-state index in [0.29, 0.717) is 5.88 Å². The highest BCUT2D eigenvalue weighted by Gasteiger charge is 2.22. The minimum absolute atomic E-state index is 0.182. The Kier molecular flexibility index (Phi) is 4.95. The molecule has 0 saturated carbocycles. The van der Waals surface area contributed by atoms with E-state index in [1.54, 1.807) is 0 Å². The number of imidazole rings is 1. The lowest BCUT2D eigenvalue weighted by molar-refractivity contribution is 0.211. The van der Waals surface area contributed by atoms with Crippen LogP contribution in [0.5, 0.6) is 0 Å². The molecule has 1 aromatic heterocycles. The molecule has 0 atom stereocenters. The lowest BCUT2D eigenvalue weighted by Crippen LogP contribution is -2.32. The Hall–Kier alpha value is -1.06. The maximum Gasteiger partial charge on any atom is 0.111 e. The van der Waals surface area contributed by atoms with E-state index in [9.17, 15) is 0 Å². The Balaban J connectivity index is 2.44. The van der Waals surface area contributed by atoms with E-state index >= 15 is 0 Å². The summed E-state index contributed by atoms with van der Waals surface area (Å²) in [5.41, 5.74) is 3.75. The van der Waals surface area contributed by atoms with Gasteiger partial charge < -0.3 is 9.47 Å². The summed E-state index contributed by atoms with van der Waals surface area (Å²) in [6, 6.07) is 6.46. The average Bonchev–Trinajstić information content (AvgIpc) is 2.66. The van der Waals surface area contributed by atoms with Crippen molar-refractivity contribution >= 4 is 22.6 Å². The number of hydrogen-bond acceptors (Lipinski definition) is 2. The van der Waals surface area contributed by atoms with Gasteiger partial charge in [-0.25, -0.2) is 4.98 Å². The van der Waals surface area contributed by atoms with Crippen LogP contribution in [-0.2, 0) is 13.0 Å². The van der Waals surface area contributed by atoms with E-state index in [1.807, 2.05) is 0 Å². The molecule has 0 bridgehead atoms. The summed E-state index contributed by atoms with van der Waals surface area (Å²) in [5, 5.41) is 0. The van der Waals surface area contributed by atoms with Gasteiger partial charge in [-0.15, -0.1) is 11.6 Å². The molecule has 2 aromatic rings. The lowest BCUT2D eigenvalue weighted by Gasteiger charge is -2.29. The summed E-state index contributed by atoms with van der Waals surface area (Å²) in [6.45, 7) is 8.73. The van der Waals surface area contributed by atoms with Gasteiger partial charge in [0.15, 0.2) is 0 Å². The van der Waals surface area contributed by atoms with Gasteiger partial charge in [-0.3, -0.25) is 0 Å². The second-order valence-electron chi connectivity index (χ2n) is 6.95. The number of rotatable bonds is 6. The van der Waals surface area contributed by atoms with Crippen molar-refractivity contribution in [2.24, 2.45) is 5.41 Å². The van der Waals surface area contributed by atoms with E-state index in [0.717, 1.165) is 30.9 Å². The minimum Gasteiger partial charge on any atom is -0.327 e. The van der Waals surface area contributed by atoms with Crippen LogP contribution < -0.4 is 0 Å². The second kappa shape index (κ2) is 6.37. The summed E-state index contributed by atoms with van der Waals surface area (Å²) >= 11 is 5.96. The van der Waals surface area contributed by atoms with Crippen LogP contribution in [0.15, 0.2) is 18.2 Å². The number of aromatic nitrogens is 2. The third kappa shape index (κ3) is 3.98. The Morgan fingerprint density at radius 3 is 2.62 bits per heavy atom. The molecule has 116 valence electrons. The SMILES string of the molecule is Cc1ccc2nc(CCCl)n(CC(C)(C)CN(C)C)c2c1. The molecule has 21 heavy (non-hydrogen) atoms. The Morgan fingerprint density at radius 2 is 2.00 bits per heavy atom. The largest absolute Gasteiger partial charge is 0.327 e. The highest BCUT2D eigenvalue weighted by Crippen LogP contribution is 2.25. The van der Waals surface area contributed by atoms with Gasteiger partial charge in [-0.1, -0.05) is 19.9 Å². The first-order chi connectivity index (χ1) is 9.82. The lowest BCUT2D eigenvalue weighted by atomic mass is 9.92. The van der Waals surface area contributed by atoms with Gasteiger partial charge in [0.05, 0.1) is 11.0 Å². The smallest absolute Gasteiger partial charge is 0.111 e. The van der Waals surface area contributed by atoms with Crippen molar-refractivity contribution in [3.05, 3.63) is 29.6 Å². The van der Waals surface area contributed by atoms with Crippen molar-refractivity contribution in [3.8, 4) is 0 Å². The molecule has 3 nitrogen and oxygen atoms in total. The number of alkyl halides is 1. The summed E-state index contributed by atoms with van der Waals surface area (Å²) in [4.78, 5) is 7.01. The number of fused-ring (bicyclic) bond motifs is 1. The van der Waals surface area contributed by atoms with Crippen molar-refractivity contribution in [1.82, 2.24) is 14.5 Å². The van der Waals surface area contributed by atoms with Gasteiger partial charge in [-0.05, 0) is 44.1 Å². The number of benzene rings is 1. The molecule has 4 heteroatoms. The highest BCUT2D eigenvalue weighted by molar-refractivity contribution is 6.17. The Labute approximate surface area is 132 Å². The molecule has 0 aliphatic carbocycles. The first-order valence-corrected chi connectivity index (χ1v) is 8.02. The zero-order chi connectivity index (χ0) is 15.6. The van der Waals surface area contributed by atoms with E-state index in [1.165, 1.54) is 11.1 Å². The first-order valence-electron chi connectivity index (χ1n) is 7.49. The van der Waals surface area contributed by atoms with E-state index in [4.69, 9.17) is 16.6 Å². The molecule has 2 rings (SSSR count). The molecule has 0 aliphatic rings. The van der Waals surface area contributed by atoms with Crippen LogP contribution in [0, 0.1) is 12.3 Å². The monoisotopic (exact) mass is 307 g/mol. The molecule has 0 radical (unpaired) electrons. The third-order valence-electron chi connectivity index (χ3n) is 3.63. The quantitative estimate of drug-likeness (QED) is 0.759. The molecule has 0 saturated heterocycles. The van der Waals surface area contributed by atoms with E-state index in [2.05, 4.69) is 62.5 Å². The molecule has 0 fully saturated rings. The zero-order valence-corrected chi connectivity index (χ0v) is 14.5. The number of hydrogen-bond donors (Lipinski definition) is 0. The van der Waals surface area contributed by atoms with Gasteiger partial charge in [-0.2, -0.15) is 0 Å². The fraction of sp³-hybridized carbons (Fsp3) is 0.588. The number of nitrogens with zero attached hydrogens (tertiary/aromatic N) is 3. The van der Waals surface area contributed by atoms with Gasteiger partial charge in [0.2, 0.25) is 0 Å². The molecular formula is C17H26ClN3. The maximum atomic E-state index is 5.96. The van der Waals surface area contributed by atoms with Crippen molar-refractivity contribution < 1.29 is 0 Å². The van der Waals surface area contributed by atoms with Crippen LogP contribution in [0.1, 0.15) is 25.2 Å². The third-order valence-corrected chi connectivity index (χ3v) is 3.82. The fourth-order valence-electron chi connectivity index (χ4n) is 3.07. The van der Waals surface area contributed by atoms with Crippen molar-refractivity contribution in [2.75, 3.05) is 26.5 Å².